The van der Waals surface area contributed by atoms with Crippen molar-refractivity contribution in [1.82, 2.24) is 0 Å². The standard InChI is InChI=1S/C13H24O3/c1-4-5-6-10(11(14)15)13(16)8-7-12(2,3)9-13/h10,16H,4-9H2,1-3H3,(H,14,15). The van der Waals surface area contributed by atoms with E-state index in [-0.39, 0.29) is 5.41 Å². The predicted molar refractivity (Wildman–Crippen MR) is 63.2 cm³/mol. The molecule has 2 N–H and O–H groups in total. The van der Waals surface area contributed by atoms with Gasteiger partial charge in [-0.25, -0.2) is 0 Å². The molecule has 16 heavy (non-hydrogen) atoms. The Labute approximate surface area is 97.9 Å². The molecular weight excluding hydrogens is 204 g/mol. The van der Waals surface area contributed by atoms with E-state index in [2.05, 4.69) is 13.8 Å². The van der Waals surface area contributed by atoms with E-state index in [0.29, 0.717) is 19.3 Å². The molecule has 0 aromatic rings. The fourth-order valence-corrected chi connectivity index (χ4v) is 2.89. The Kier molecular flexibility index (Phi) is 4.00. The summed E-state index contributed by atoms with van der Waals surface area (Å²) in [6, 6.07) is 0. The number of carbonyl (C=O) groups is 1. The summed E-state index contributed by atoms with van der Waals surface area (Å²) in [6.45, 7) is 6.24. The Hall–Kier alpha value is -0.570. The summed E-state index contributed by atoms with van der Waals surface area (Å²) >= 11 is 0. The number of aliphatic hydroxyl groups is 1. The van der Waals surface area contributed by atoms with Gasteiger partial charge in [0.1, 0.15) is 0 Å². The molecule has 1 rings (SSSR count). The molecule has 0 saturated heterocycles. The number of rotatable bonds is 5. The first-order chi connectivity index (χ1) is 7.31. The highest BCUT2D eigenvalue weighted by Crippen LogP contribution is 2.48. The Morgan fingerprint density at radius 3 is 2.38 bits per heavy atom. The molecule has 3 heteroatoms. The lowest BCUT2D eigenvalue weighted by atomic mass is 9.79. The van der Waals surface area contributed by atoms with Gasteiger partial charge in [0.25, 0.3) is 0 Å². The molecule has 0 amide bonds. The van der Waals surface area contributed by atoms with Crippen molar-refractivity contribution in [2.45, 2.75) is 64.9 Å². The zero-order chi connectivity index (χ0) is 12.4. The molecule has 1 aliphatic rings. The van der Waals surface area contributed by atoms with Crippen LogP contribution in [0.15, 0.2) is 0 Å². The Balaban J connectivity index is 2.74. The highest BCUT2D eigenvalue weighted by atomic mass is 16.4. The average molecular weight is 228 g/mol. The van der Waals surface area contributed by atoms with Crippen LogP contribution in [0, 0.1) is 11.3 Å². The van der Waals surface area contributed by atoms with Gasteiger partial charge in [0.2, 0.25) is 0 Å². The van der Waals surface area contributed by atoms with Crippen molar-refractivity contribution in [2.24, 2.45) is 11.3 Å². The highest BCUT2D eigenvalue weighted by Gasteiger charge is 2.49. The number of hydrogen-bond acceptors (Lipinski definition) is 2. The molecule has 0 aliphatic heterocycles. The molecule has 1 saturated carbocycles. The van der Waals surface area contributed by atoms with Crippen LogP contribution in [0.2, 0.25) is 0 Å². The summed E-state index contributed by atoms with van der Waals surface area (Å²) in [5.41, 5.74) is -0.904. The van der Waals surface area contributed by atoms with E-state index in [1.807, 2.05) is 6.92 Å². The van der Waals surface area contributed by atoms with E-state index in [0.717, 1.165) is 19.3 Å². The van der Waals surface area contributed by atoms with Crippen LogP contribution in [0.5, 0.6) is 0 Å². The van der Waals surface area contributed by atoms with Crippen molar-refractivity contribution in [3.63, 3.8) is 0 Å². The summed E-state index contributed by atoms with van der Waals surface area (Å²) in [7, 11) is 0. The van der Waals surface area contributed by atoms with Crippen molar-refractivity contribution in [3.8, 4) is 0 Å². The zero-order valence-electron chi connectivity index (χ0n) is 10.6. The summed E-state index contributed by atoms with van der Waals surface area (Å²) in [4.78, 5) is 11.2. The number of carboxylic acid groups (broad SMARTS) is 1. The normalized spacial score (nSPS) is 30.2. The number of unbranched alkanes of at least 4 members (excludes halogenated alkanes) is 1. The van der Waals surface area contributed by atoms with Crippen LogP contribution in [0.4, 0.5) is 0 Å². The topological polar surface area (TPSA) is 57.5 Å². The molecule has 0 bridgehead atoms. The molecular formula is C13H24O3. The number of aliphatic carboxylic acids is 1. The third-order valence-corrected chi connectivity index (χ3v) is 3.81. The van der Waals surface area contributed by atoms with E-state index in [1.54, 1.807) is 0 Å². The van der Waals surface area contributed by atoms with E-state index in [9.17, 15) is 15.0 Å². The molecule has 94 valence electrons. The number of hydrogen-bond donors (Lipinski definition) is 2. The van der Waals surface area contributed by atoms with Gasteiger partial charge in [-0.05, 0) is 31.1 Å². The lowest BCUT2D eigenvalue weighted by molar-refractivity contribution is -0.152. The first-order valence-corrected chi connectivity index (χ1v) is 6.26. The van der Waals surface area contributed by atoms with Crippen molar-refractivity contribution in [3.05, 3.63) is 0 Å². The lowest BCUT2D eigenvalue weighted by Crippen LogP contribution is -2.40. The molecule has 2 atom stereocenters. The first kappa shape index (κ1) is 13.5. The van der Waals surface area contributed by atoms with Crippen molar-refractivity contribution in [1.29, 1.82) is 0 Å². The van der Waals surface area contributed by atoms with Gasteiger partial charge in [0, 0.05) is 0 Å². The molecule has 0 radical (unpaired) electrons. The highest BCUT2D eigenvalue weighted by molar-refractivity contribution is 5.71. The minimum atomic E-state index is -0.982. The van der Waals surface area contributed by atoms with E-state index < -0.39 is 17.5 Å². The van der Waals surface area contributed by atoms with Crippen LogP contribution in [0.25, 0.3) is 0 Å². The van der Waals surface area contributed by atoms with Crippen LogP contribution < -0.4 is 0 Å². The van der Waals surface area contributed by atoms with Gasteiger partial charge in [-0.2, -0.15) is 0 Å². The zero-order valence-corrected chi connectivity index (χ0v) is 10.6. The van der Waals surface area contributed by atoms with Gasteiger partial charge >= 0.3 is 5.97 Å². The van der Waals surface area contributed by atoms with Crippen LogP contribution >= 0.6 is 0 Å². The third-order valence-electron chi connectivity index (χ3n) is 3.81. The Bertz CT molecular complexity index is 260. The molecule has 0 aromatic carbocycles. The van der Waals surface area contributed by atoms with Crippen LogP contribution in [-0.2, 0) is 4.79 Å². The largest absolute Gasteiger partial charge is 0.481 e. The predicted octanol–water partition coefficient (Wildman–Crippen LogP) is 2.82. The summed E-state index contributed by atoms with van der Waals surface area (Å²) in [5.74, 6) is -1.43. The molecule has 2 unspecified atom stereocenters. The van der Waals surface area contributed by atoms with Gasteiger partial charge in [-0.3, -0.25) is 4.79 Å². The maximum Gasteiger partial charge on any atom is 0.309 e. The molecule has 1 fully saturated rings. The van der Waals surface area contributed by atoms with Gasteiger partial charge in [-0.15, -0.1) is 0 Å². The van der Waals surface area contributed by atoms with Crippen molar-refractivity contribution in [2.75, 3.05) is 0 Å². The molecule has 3 nitrogen and oxygen atoms in total. The Morgan fingerprint density at radius 2 is 2.00 bits per heavy atom. The van der Waals surface area contributed by atoms with Gasteiger partial charge in [-0.1, -0.05) is 33.6 Å². The summed E-state index contributed by atoms with van der Waals surface area (Å²) in [6.07, 6.45) is 4.60. The minimum absolute atomic E-state index is 0.0780. The Morgan fingerprint density at radius 1 is 1.38 bits per heavy atom. The fraction of sp³-hybridized carbons (Fsp3) is 0.923. The van der Waals surface area contributed by atoms with Crippen molar-refractivity contribution >= 4 is 5.97 Å². The maximum atomic E-state index is 11.2. The molecule has 1 aliphatic carbocycles. The van der Waals surface area contributed by atoms with Gasteiger partial charge in [0.15, 0.2) is 0 Å². The lowest BCUT2D eigenvalue weighted by Gasteiger charge is -2.31. The monoisotopic (exact) mass is 228 g/mol. The van der Waals surface area contributed by atoms with Crippen LogP contribution in [-0.4, -0.2) is 21.8 Å². The molecule has 0 heterocycles. The SMILES string of the molecule is CCCCC(C(=O)O)C1(O)CCC(C)(C)C1. The smallest absolute Gasteiger partial charge is 0.309 e. The van der Waals surface area contributed by atoms with Gasteiger partial charge in [0.05, 0.1) is 11.5 Å². The van der Waals surface area contributed by atoms with Crippen LogP contribution in [0.3, 0.4) is 0 Å². The molecule has 0 aromatic heterocycles. The van der Waals surface area contributed by atoms with Crippen molar-refractivity contribution < 1.29 is 15.0 Å². The van der Waals surface area contributed by atoms with E-state index >= 15 is 0 Å². The molecule has 0 spiro atoms. The number of carboxylic acids is 1. The van der Waals surface area contributed by atoms with Gasteiger partial charge < -0.3 is 10.2 Å². The second kappa shape index (κ2) is 4.74. The van der Waals surface area contributed by atoms with E-state index in [1.165, 1.54) is 0 Å². The quantitative estimate of drug-likeness (QED) is 0.760. The fourth-order valence-electron chi connectivity index (χ4n) is 2.89. The first-order valence-electron chi connectivity index (χ1n) is 6.26. The minimum Gasteiger partial charge on any atom is -0.481 e. The van der Waals surface area contributed by atoms with E-state index in [4.69, 9.17) is 0 Å². The summed E-state index contributed by atoms with van der Waals surface area (Å²) < 4.78 is 0. The second-order valence-electron chi connectivity index (χ2n) is 5.98. The van der Waals surface area contributed by atoms with Crippen LogP contribution in [0.1, 0.15) is 59.3 Å². The second-order valence-corrected chi connectivity index (χ2v) is 5.98. The maximum absolute atomic E-state index is 11.2. The average Bonchev–Trinajstić information content (AvgIpc) is 2.41. The summed E-state index contributed by atoms with van der Waals surface area (Å²) in [5, 5.41) is 19.7. The third kappa shape index (κ3) is 2.97.